The normalized spacial score (nSPS) is 23.4. The molecule has 1 aliphatic carbocycles. The van der Waals surface area contributed by atoms with E-state index in [0.29, 0.717) is 12.8 Å². The Balaban J connectivity index is 1.79. The third kappa shape index (κ3) is 7.49. The Morgan fingerprint density at radius 1 is 1.07 bits per heavy atom. The maximum atomic E-state index is 14.2. The number of carboxylic acids is 1. The average molecular weight is 606 g/mol. The van der Waals surface area contributed by atoms with Gasteiger partial charge in [-0.15, -0.1) is 0 Å². The van der Waals surface area contributed by atoms with Gasteiger partial charge in [0.15, 0.2) is 0 Å². The first kappa shape index (κ1) is 32.7. The molecule has 2 fully saturated rings. The van der Waals surface area contributed by atoms with E-state index in [4.69, 9.17) is 9.47 Å². The molecule has 236 valence electrons. The van der Waals surface area contributed by atoms with Crippen molar-refractivity contribution in [1.82, 2.24) is 15.2 Å². The fourth-order valence-corrected chi connectivity index (χ4v) is 6.65. The Bertz CT molecular complexity index is 1250. The van der Waals surface area contributed by atoms with Gasteiger partial charge in [-0.1, -0.05) is 70.4 Å². The Kier molecular flexibility index (Phi) is 10.4. The van der Waals surface area contributed by atoms with Crippen molar-refractivity contribution in [2.75, 3.05) is 20.3 Å². The van der Waals surface area contributed by atoms with E-state index in [0.717, 1.165) is 37.1 Å². The smallest absolute Gasteiger partial charge is 0.417 e. The van der Waals surface area contributed by atoms with Gasteiger partial charge in [-0.2, -0.15) is 13.2 Å². The van der Waals surface area contributed by atoms with Crippen LogP contribution in [0.3, 0.4) is 0 Å². The van der Waals surface area contributed by atoms with E-state index in [-0.39, 0.29) is 43.0 Å². The van der Waals surface area contributed by atoms with E-state index in [1.165, 1.54) is 7.11 Å². The first-order valence-electron chi connectivity index (χ1n) is 14.9. The van der Waals surface area contributed by atoms with Crippen molar-refractivity contribution in [2.45, 2.75) is 83.7 Å². The molecule has 1 saturated carbocycles. The predicted molar refractivity (Wildman–Crippen MR) is 154 cm³/mol. The number of pyridine rings is 1. The van der Waals surface area contributed by atoms with Gasteiger partial charge < -0.3 is 24.8 Å². The summed E-state index contributed by atoms with van der Waals surface area (Å²) in [4.78, 5) is 32.8. The molecule has 43 heavy (non-hydrogen) atoms. The van der Waals surface area contributed by atoms with Crippen molar-refractivity contribution >= 4 is 11.9 Å². The highest BCUT2D eigenvalue weighted by Gasteiger charge is 2.58. The number of nitrogens with zero attached hydrogens (tertiary/aromatic N) is 2. The van der Waals surface area contributed by atoms with Crippen LogP contribution in [0.5, 0.6) is 5.88 Å². The van der Waals surface area contributed by atoms with Gasteiger partial charge in [-0.3, -0.25) is 4.79 Å². The number of rotatable bonds is 10. The fraction of sp³-hybridized carbons (Fsp3) is 0.594. The van der Waals surface area contributed by atoms with Crippen LogP contribution in [0.1, 0.15) is 75.6 Å². The molecule has 4 unspecified atom stereocenters. The van der Waals surface area contributed by atoms with Crippen LogP contribution in [0.4, 0.5) is 13.2 Å². The Hall–Kier alpha value is -3.18. The quantitative estimate of drug-likeness (QED) is 0.327. The van der Waals surface area contributed by atoms with Gasteiger partial charge in [0, 0.05) is 43.3 Å². The Morgan fingerprint density at radius 3 is 2.33 bits per heavy atom. The number of nitrogens with one attached hydrogen (secondary N) is 1. The molecule has 2 aliphatic rings. The molecule has 1 saturated heterocycles. The zero-order valence-corrected chi connectivity index (χ0v) is 25.2. The maximum Gasteiger partial charge on any atom is 0.417 e. The minimum Gasteiger partial charge on any atom is -0.480 e. The Labute approximate surface area is 251 Å². The van der Waals surface area contributed by atoms with Crippen LogP contribution in [0.25, 0.3) is 0 Å². The van der Waals surface area contributed by atoms with Crippen molar-refractivity contribution in [3.8, 4) is 5.88 Å². The number of likely N-dealkylation sites (tertiary alicyclic amines) is 1. The monoisotopic (exact) mass is 605 g/mol. The van der Waals surface area contributed by atoms with E-state index in [1.807, 2.05) is 51.1 Å². The molecule has 2 aromatic rings. The number of carbonyl (C=O) groups is 2. The zero-order chi connectivity index (χ0) is 31.4. The van der Waals surface area contributed by atoms with Crippen LogP contribution in [0.2, 0.25) is 0 Å². The third-order valence-electron chi connectivity index (χ3n) is 8.58. The second-order valence-corrected chi connectivity index (χ2v) is 12.5. The second-order valence-electron chi connectivity index (χ2n) is 12.5. The van der Waals surface area contributed by atoms with Gasteiger partial charge in [0.25, 0.3) is 0 Å². The summed E-state index contributed by atoms with van der Waals surface area (Å²) in [5.41, 5.74) is -0.561. The highest BCUT2D eigenvalue weighted by molar-refractivity contribution is 5.87. The molecule has 0 bridgehead atoms. The number of amides is 1. The first-order valence-corrected chi connectivity index (χ1v) is 14.9. The lowest BCUT2D eigenvalue weighted by Gasteiger charge is -2.36. The summed E-state index contributed by atoms with van der Waals surface area (Å²) in [6.07, 6.45) is 0.407. The molecular formula is C32H42F3N3O5. The number of carbonyl (C=O) groups excluding carboxylic acids is 1. The standard InChI is InChI=1S/C32H42F3N3O5/c1-31(2,3)24-25(36-18-22-17-23(32(33,34)35)19-37-28(22)43-16-15-42-4)26(20-11-7-5-8-12-20)38(27(24)30(40)41)29(39)21-13-9-6-10-14-21/h5,7-8,11-12,17,19,21,24-27,36H,6,9-10,13-16,18H2,1-4H3,(H,40,41). The number of benzene rings is 1. The topological polar surface area (TPSA) is 101 Å². The largest absolute Gasteiger partial charge is 0.480 e. The summed E-state index contributed by atoms with van der Waals surface area (Å²) in [6.45, 7) is 6.03. The van der Waals surface area contributed by atoms with Crippen molar-refractivity contribution in [2.24, 2.45) is 17.3 Å². The molecule has 1 aromatic carbocycles. The minimum absolute atomic E-state index is 0.0315. The summed E-state index contributed by atoms with van der Waals surface area (Å²) in [7, 11) is 1.49. The molecule has 4 rings (SSSR count). The molecular weight excluding hydrogens is 563 g/mol. The average Bonchev–Trinajstić information content (AvgIpc) is 3.33. The highest BCUT2D eigenvalue weighted by atomic mass is 19.4. The van der Waals surface area contributed by atoms with Crippen LogP contribution >= 0.6 is 0 Å². The molecule has 0 radical (unpaired) electrons. The predicted octanol–water partition coefficient (Wildman–Crippen LogP) is 5.86. The number of alkyl halides is 3. The maximum absolute atomic E-state index is 14.2. The molecule has 2 N–H and O–H groups in total. The summed E-state index contributed by atoms with van der Waals surface area (Å²) in [5, 5.41) is 14.0. The van der Waals surface area contributed by atoms with Gasteiger partial charge in [0.2, 0.25) is 11.8 Å². The summed E-state index contributed by atoms with van der Waals surface area (Å²) in [6, 6.07) is 7.89. The van der Waals surface area contributed by atoms with Crippen molar-refractivity contribution in [3.05, 3.63) is 59.3 Å². The van der Waals surface area contributed by atoms with Crippen molar-refractivity contribution in [1.29, 1.82) is 0 Å². The zero-order valence-electron chi connectivity index (χ0n) is 25.2. The SMILES string of the molecule is COCCOc1ncc(C(F)(F)F)cc1CNC1C(c2ccccc2)N(C(=O)C2CCCCC2)C(C(=O)O)C1C(C)(C)C. The lowest BCUT2D eigenvalue weighted by Crippen LogP contribution is -2.49. The van der Waals surface area contributed by atoms with Crippen LogP contribution in [0.15, 0.2) is 42.6 Å². The number of hydrogen-bond donors (Lipinski definition) is 2. The molecule has 2 heterocycles. The summed E-state index contributed by atoms with van der Waals surface area (Å²) in [5.74, 6) is -2.08. The highest BCUT2D eigenvalue weighted by Crippen LogP contribution is 2.49. The van der Waals surface area contributed by atoms with Gasteiger partial charge in [0.05, 0.1) is 18.2 Å². The van der Waals surface area contributed by atoms with E-state index < -0.39 is 47.2 Å². The molecule has 1 aromatic heterocycles. The number of methoxy groups -OCH3 is 1. The molecule has 8 nitrogen and oxygen atoms in total. The fourth-order valence-electron chi connectivity index (χ4n) is 6.65. The number of halogens is 3. The van der Waals surface area contributed by atoms with Gasteiger partial charge in [-0.25, -0.2) is 9.78 Å². The lowest BCUT2D eigenvalue weighted by atomic mass is 9.72. The van der Waals surface area contributed by atoms with Gasteiger partial charge >= 0.3 is 12.1 Å². The van der Waals surface area contributed by atoms with Crippen LogP contribution in [0, 0.1) is 17.3 Å². The third-order valence-corrected chi connectivity index (χ3v) is 8.58. The van der Waals surface area contributed by atoms with Crippen molar-refractivity contribution < 1.29 is 37.3 Å². The van der Waals surface area contributed by atoms with E-state index >= 15 is 0 Å². The molecule has 0 spiro atoms. The molecule has 1 amide bonds. The molecule has 4 atom stereocenters. The molecule has 11 heteroatoms. The van der Waals surface area contributed by atoms with Crippen LogP contribution < -0.4 is 10.1 Å². The summed E-state index contributed by atoms with van der Waals surface area (Å²) < 4.78 is 51.7. The lowest BCUT2D eigenvalue weighted by molar-refractivity contribution is -0.154. The number of carboxylic acid groups (broad SMARTS) is 1. The first-order chi connectivity index (χ1) is 20.3. The number of aliphatic carboxylic acids is 1. The van der Waals surface area contributed by atoms with E-state index in [9.17, 15) is 27.9 Å². The van der Waals surface area contributed by atoms with E-state index in [1.54, 1.807) is 4.90 Å². The van der Waals surface area contributed by atoms with Gasteiger partial charge in [-0.05, 0) is 29.9 Å². The van der Waals surface area contributed by atoms with Gasteiger partial charge in [0.1, 0.15) is 12.6 Å². The number of aromatic nitrogens is 1. The number of ether oxygens (including phenoxy) is 2. The Morgan fingerprint density at radius 2 is 1.74 bits per heavy atom. The van der Waals surface area contributed by atoms with Crippen LogP contribution in [-0.2, 0) is 27.0 Å². The molecule has 1 aliphatic heterocycles. The minimum atomic E-state index is -4.61. The van der Waals surface area contributed by atoms with E-state index in [2.05, 4.69) is 10.3 Å². The van der Waals surface area contributed by atoms with Crippen LogP contribution in [-0.4, -0.2) is 59.3 Å². The number of hydrogen-bond acceptors (Lipinski definition) is 6. The van der Waals surface area contributed by atoms with Crippen molar-refractivity contribution in [3.63, 3.8) is 0 Å². The second kappa shape index (κ2) is 13.6. The summed E-state index contributed by atoms with van der Waals surface area (Å²) >= 11 is 0.